The lowest BCUT2D eigenvalue weighted by atomic mass is 10.1. The highest BCUT2D eigenvalue weighted by molar-refractivity contribution is 7.89. The van der Waals surface area contributed by atoms with Gasteiger partial charge < -0.3 is 10.2 Å². The van der Waals surface area contributed by atoms with E-state index in [-0.39, 0.29) is 17.7 Å². The van der Waals surface area contributed by atoms with Gasteiger partial charge in [-0.1, -0.05) is 32.6 Å². The summed E-state index contributed by atoms with van der Waals surface area (Å²) in [4.78, 5) is 0. The fraction of sp³-hybridized carbons (Fsp3) is 0.692. The van der Waals surface area contributed by atoms with Gasteiger partial charge in [-0.3, -0.25) is 0 Å². The first kappa shape index (κ1) is 16.2. The first-order valence-electron chi connectivity index (χ1n) is 6.80. The van der Waals surface area contributed by atoms with Crippen molar-refractivity contribution in [3.63, 3.8) is 0 Å². The van der Waals surface area contributed by atoms with E-state index in [0.29, 0.717) is 5.76 Å². The van der Waals surface area contributed by atoms with Crippen molar-refractivity contribution in [2.75, 3.05) is 0 Å². The third-order valence-corrected chi connectivity index (χ3v) is 4.41. The molecule has 1 heterocycles. The molecule has 3 N–H and O–H groups in total. The zero-order chi connectivity index (χ0) is 14.3. The van der Waals surface area contributed by atoms with Gasteiger partial charge in [0.25, 0.3) is 10.0 Å². The standard InChI is InChI=1S/C13H24N2O3S/c1-3-4-5-6-7-11(2)15-19(16,17)13-9-8-12(10-14)18-13/h8-9,11,15H,3-7,10,14H2,1-2H3. The Kier molecular flexibility index (Phi) is 6.54. The Bertz CT molecular complexity index is 468. The maximum Gasteiger partial charge on any atom is 0.274 e. The minimum absolute atomic E-state index is 0.0617. The van der Waals surface area contributed by atoms with Crippen molar-refractivity contribution in [1.82, 2.24) is 4.72 Å². The van der Waals surface area contributed by atoms with Gasteiger partial charge in [0.1, 0.15) is 5.76 Å². The quantitative estimate of drug-likeness (QED) is 0.683. The minimum atomic E-state index is -3.56. The van der Waals surface area contributed by atoms with Crippen molar-refractivity contribution in [2.24, 2.45) is 5.73 Å². The molecule has 0 radical (unpaired) electrons. The van der Waals surface area contributed by atoms with Crippen LogP contribution >= 0.6 is 0 Å². The molecule has 0 bridgehead atoms. The molecule has 0 saturated heterocycles. The Morgan fingerprint density at radius 2 is 2.05 bits per heavy atom. The van der Waals surface area contributed by atoms with Gasteiger partial charge >= 0.3 is 0 Å². The number of sulfonamides is 1. The average Bonchev–Trinajstić information content (AvgIpc) is 2.83. The van der Waals surface area contributed by atoms with Crippen molar-refractivity contribution in [3.05, 3.63) is 17.9 Å². The lowest BCUT2D eigenvalue weighted by Gasteiger charge is -2.12. The van der Waals surface area contributed by atoms with Gasteiger partial charge in [0, 0.05) is 6.04 Å². The van der Waals surface area contributed by atoms with E-state index in [4.69, 9.17) is 10.2 Å². The van der Waals surface area contributed by atoms with Crippen LogP contribution in [0.1, 0.15) is 51.7 Å². The molecule has 0 aromatic carbocycles. The molecule has 1 aromatic heterocycles. The van der Waals surface area contributed by atoms with Crippen LogP contribution in [0.15, 0.2) is 21.6 Å². The van der Waals surface area contributed by atoms with Crippen LogP contribution in [0.5, 0.6) is 0 Å². The normalized spacial score (nSPS) is 13.6. The number of nitrogens with two attached hydrogens (primary N) is 1. The molecular formula is C13H24N2O3S. The van der Waals surface area contributed by atoms with Gasteiger partial charge in [0.05, 0.1) is 6.54 Å². The van der Waals surface area contributed by atoms with Gasteiger partial charge in [-0.15, -0.1) is 0 Å². The zero-order valence-corrected chi connectivity index (χ0v) is 12.5. The van der Waals surface area contributed by atoms with E-state index in [0.717, 1.165) is 19.3 Å². The minimum Gasteiger partial charge on any atom is -0.447 e. The summed E-state index contributed by atoms with van der Waals surface area (Å²) < 4.78 is 31.8. The highest BCUT2D eigenvalue weighted by Gasteiger charge is 2.20. The molecule has 1 unspecified atom stereocenters. The molecule has 0 aliphatic carbocycles. The summed E-state index contributed by atoms with van der Waals surface area (Å²) in [5.41, 5.74) is 5.39. The smallest absolute Gasteiger partial charge is 0.274 e. The fourth-order valence-corrected chi connectivity index (χ4v) is 3.10. The molecule has 110 valence electrons. The Morgan fingerprint density at radius 1 is 1.32 bits per heavy atom. The van der Waals surface area contributed by atoms with Crippen LogP contribution < -0.4 is 10.5 Å². The molecule has 1 aromatic rings. The number of rotatable bonds is 9. The second-order valence-electron chi connectivity index (χ2n) is 4.80. The molecule has 6 heteroatoms. The lowest BCUT2D eigenvalue weighted by Crippen LogP contribution is -2.32. The molecule has 5 nitrogen and oxygen atoms in total. The molecule has 19 heavy (non-hydrogen) atoms. The predicted molar refractivity (Wildman–Crippen MR) is 75.1 cm³/mol. The summed E-state index contributed by atoms with van der Waals surface area (Å²) in [7, 11) is -3.56. The first-order chi connectivity index (χ1) is 8.99. The molecular weight excluding hydrogens is 264 g/mol. The van der Waals surface area contributed by atoms with E-state index < -0.39 is 10.0 Å². The summed E-state index contributed by atoms with van der Waals surface area (Å²) in [6.45, 7) is 4.22. The van der Waals surface area contributed by atoms with Crippen molar-refractivity contribution >= 4 is 10.0 Å². The number of unbranched alkanes of at least 4 members (excludes halogenated alkanes) is 3. The number of nitrogens with one attached hydrogen (secondary N) is 1. The van der Waals surface area contributed by atoms with Crippen molar-refractivity contribution in [2.45, 2.75) is 63.6 Å². The molecule has 0 aliphatic heterocycles. The Labute approximate surface area is 115 Å². The van der Waals surface area contributed by atoms with E-state index in [1.54, 1.807) is 6.07 Å². The molecule has 1 rings (SSSR count). The monoisotopic (exact) mass is 288 g/mol. The second-order valence-corrected chi connectivity index (χ2v) is 6.44. The molecule has 0 amide bonds. The first-order valence-corrected chi connectivity index (χ1v) is 8.29. The Balaban J connectivity index is 2.49. The summed E-state index contributed by atoms with van der Waals surface area (Å²) in [5, 5.41) is -0.0617. The molecule has 0 spiro atoms. The van der Waals surface area contributed by atoms with Crippen LogP contribution in [-0.2, 0) is 16.6 Å². The van der Waals surface area contributed by atoms with Gasteiger partial charge in [-0.2, -0.15) is 0 Å². The Morgan fingerprint density at radius 3 is 2.63 bits per heavy atom. The van der Waals surface area contributed by atoms with Gasteiger partial charge in [-0.25, -0.2) is 13.1 Å². The van der Waals surface area contributed by atoms with Crippen LogP contribution in [0.2, 0.25) is 0 Å². The van der Waals surface area contributed by atoms with Crippen molar-refractivity contribution < 1.29 is 12.8 Å². The largest absolute Gasteiger partial charge is 0.447 e. The maximum absolute atomic E-state index is 12.0. The maximum atomic E-state index is 12.0. The van der Waals surface area contributed by atoms with Crippen LogP contribution in [0.25, 0.3) is 0 Å². The second kappa shape index (κ2) is 7.67. The van der Waals surface area contributed by atoms with Gasteiger partial charge in [0.15, 0.2) is 0 Å². The molecule has 1 atom stereocenters. The summed E-state index contributed by atoms with van der Waals surface area (Å²) >= 11 is 0. The van der Waals surface area contributed by atoms with E-state index in [2.05, 4.69) is 11.6 Å². The number of hydrogen-bond donors (Lipinski definition) is 2. The van der Waals surface area contributed by atoms with Crippen LogP contribution in [0, 0.1) is 0 Å². The van der Waals surface area contributed by atoms with E-state index >= 15 is 0 Å². The topological polar surface area (TPSA) is 85.3 Å². The highest BCUT2D eigenvalue weighted by Crippen LogP contribution is 2.15. The van der Waals surface area contributed by atoms with Crippen molar-refractivity contribution in [1.29, 1.82) is 0 Å². The summed E-state index contributed by atoms with van der Waals surface area (Å²) in [6.07, 6.45) is 5.37. The van der Waals surface area contributed by atoms with Gasteiger partial charge in [0.2, 0.25) is 5.09 Å². The van der Waals surface area contributed by atoms with Crippen LogP contribution in [0.4, 0.5) is 0 Å². The van der Waals surface area contributed by atoms with Crippen LogP contribution in [0.3, 0.4) is 0 Å². The lowest BCUT2D eigenvalue weighted by molar-refractivity contribution is 0.409. The molecule has 0 aliphatic rings. The third-order valence-electron chi connectivity index (χ3n) is 2.95. The SMILES string of the molecule is CCCCCCC(C)NS(=O)(=O)c1ccc(CN)o1. The molecule has 0 saturated carbocycles. The van der Waals surface area contributed by atoms with Crippen molar-refractivity contribution in [3.8, 4) is 0 Å². The van der Waals surface area contributed by atoms with Crippen LogP contribution in [-0.4, -0.2) is 14.5 Å². The Hall–Kier alpha value is -0.850. The summed E-state index contributed by atoms with van der Waals surface area (Å²) in [6, 6.07) is 2.93. The zero-order valence-electron chi connectivity index (χ0n) is 11.7. The van der Waals surface area contributed by atoms with E-state index in [1.807, 2.05) is 6.92 Å². The fourth-order valence-electron chi connectivity index (χ4n) is 1.87. The number of furan rings is 1. The highest BCUT2D eigenvalue weighted by atomic mass is 32.2. The third kappa shape index (κ3) is 5.34. The summed E-state index contributed by atoms with van der Waals surface area (Å²) in [5.74, 6) is 0.468. The average molecular weight is 288 g/mol. The predicted octanol–water partition coefficient (Wildman–Crippen LogP) is 2.38. The molecule has 0 fully saturated rings. The van der Waals surface area contributed by atoms with E-state index in [9.17, 15) is 8.42 Å². The van der Waals surface area contributed by atoms with Gasteiger partial charge in [-0.05, 0) is 25.5 Å². The van der Waals surface area contributed by atoms with E-state index in [1.165, 1.54) is 18.9 Å². The number of hydrogen-bond acceptors (Lipinski definition) is 4.